The van der Waals surface area contributed by atoms with E-state index in [4.69, 9.17) is 14.2 Å². The second-order valence-corrected chi connectivity index (χ2v) is 3.85. The van der Waals surface area contributed by atoms with Crippen LogP contribution in [0.3, 0.4) is 0 Å². The van der Waals surface area contributed by atoms with Crippen molar-refractivity contribution in [2.75, 3.05) is 14.2 Å². The van der Waals surface area contributed by atoms with Crippen molar-refractivity contribution in [1.82, 2.24) is 0 Å². The normalized spacial score (nSPS) is 23.4. The van der Waals surface area contributed by atoms with Crippen molar-refractivity contribution in [2.45, 2.75) is 18.5 Å². The number of hydrogen-bond donors (Lipinski definition) is 1. The molecule has 92 valence electrons. The first-order valence-corrected chi connectivity index (χ1v) is 5.20. The highest BCUT2D eigenvalue weighted by atomic mass is 16.7. The lowest BCUT2D eigenvalue weighted by Gasteiger charge is -2.37. The van der Waals surface area contributed by atoms with E-state index in [-0.39, 0.29) is 12.2 Å². The van der Waals surface area contributed by atoms with Crippen LogP contribution in [0.5, 0.6) is 5.75 Å². The van der Waals surface area contributed by atoms with Gasteiger partial charge in [0.1, 0.15) is 5.75 Å². The molecular weight excluding hydrogens is 224 g/mol. The zero-order valence-electron chi connectivity index (χ0n) is 9.67. The standard InChI is InChI=1S/C12H14O5/c1-15-11(16-2)12(14)7-9(13)8-5-3-4-6-10(8)17-12/h3-6,11,14H,7H2,1-2H3. The monoisotopic (exact) mass is 238 g/mol. The van der Waals surface area contributed by atoms with Crippen molar-refractivity contribution < 1.29 is 24.1 Å². The van der Waals surface area contributed by atoms with Crippen LogP contribution < -0.4 is 4.74 Å². The Labute approximate surface area is 98.9 Å². The van der Waals surface area contributed by atoms with Gasteiger partial charge in [-0.25, -0.2) is 0 Å². The summed E-state index contributed by atoms with van der Waals surface area (Å²) < 4.78 is 15.3. The smallest absolute Gasteiger partial charge is 0.266 e. The molecule has 0 saturated heterocycles. The van der Waals surface area contributed by atoms with E-state index in [9.17, 15) is 9.90 Å². The van der Waals surface area contributed by atoms with Crippen LogP contribution in [-0.2, 0) is 9.47 Å². The minimum Gasteiger partial charge on any atom is -0.456 e. The van der Waals surface area contributed by atoms with Gasteiger partial charge in [-0.05, 0) is 12.1 Å². The topological polar surface area (TPSA) is 65.0 Å². The third kappa shape index (κ3) is 2.04. The van der Waals surface area contributed by atoms with E-state index in [1.165, 1.54) is 14.2 Å². The van der Waals surface area contributed by atoms with Crippen molar-refractivity contribution in [1.29, 1.82) is 0 Å². The number of benzene rings is 1. The summed E-state index contributed by atoms with van der Waals surface area (Å²) in [5, 5.41) is 10.3. The Morgan fingerprint density at radius 2 is 2.00 bits per heavy atom. The highest BCUT2D eigenvalue weighted by Gasteiger charge is 2.46. The molecule has 5 heteroatoms. The lowest BCUT2D eigenvalue weighted by atomic mass is 9.98. The number of aliphatic hydroxyl groups is 1. The molecule has 0 radical (unpaired) electrons. The van der Waals surface area contributed by atoms with Crippen LogP contribution in [0, 0.1) is 0 Å². The maximum atomic E-state index is 11.9. The summed E-state index contributed by atoms with van der Waals surface area (Å²) in [4.78, 5) is 11.9. The van der Waals surface area contributed by atoms with Crippen LogP contribution in [0.15, 0.2) is 24.3 Å². The minimum atomic E-state index is -1.78. The Bertz CT molecular complexity index is 427. The fourth-order valence-corrected chi connectivity index (χ4v) is 1.93. The second kappa shape index (κ2) is 4.44. The summed E-state index contributed by atoms with van der Waals surface area (Å²) in [7, 11) is 2.75. The average Bonchev–Trinajstić information content (AvgIpc) is 2.30. The first kappa shape index (κ1) is 12.0. The van der Waals surface area contributed by atoms with E-state index >= 15 is 0 Å². The number of ether oxygens (including phenoxy) is 3. The molecule has 5 nitrogen and oxygen atoms in total. The molecule has 1 aromatic rings. The predicted molar refractivity (Wildman–Crippen MR) is 58.8 cm³/mol. The highest BCUT2D eigenvalue weighted by Crippen LogP contribution is 2.34. The Kier molecular flexibility index (Phi) is 3.15. The van der Waals surface area contributed by atoms with Crippen LogP contribution in [-0.4, -0.2) is 37.2 Å². The SMILES string of the molecule is COC(OC)C1(O)CC(=O)c2ccccc2O1. The van der Waals surface area contributed by atoms with Crippen molar-refractivity contribution in [2.24, 2.45) is 0 Å². The minimum absolute atomic E-state index is 0.198. The van der Waals surface area contributed by atoms with E-state index in [1.54, 1.807) is 24.3 Å². The van der Waals surface area contributed by atoms with Gasteiger partial charge in [-0.1, -0.05) is 12.1 Å². The summed E-state index contributed by atoms with van der Waals surface area (Å²) in [6.45, 7) is 0. The molecule has 2 rings (SSSR count). The first-order valence-electron chi connectivity index (χ1n) is 5.20. The average molecular weight is 238 g/mol. The molecule has 0 amide bonds. The largest absolute Gasteiger partial charge is 0.456 e. The van der Waals surface area contributed by atoms with Gasteiger partial charge in [-0.2, -0.15) is 0 Å². The van der Waals surface area contributed by atoms with Gasteiger partial charge in [0, 0.05) is 14.2 Å². The van der Waals surface area contributed by atoms with Gasteiger partial charge in [0.05, 0.1) is 12.0 Å². The quantitative estimate of drug-likeness (QED) is 0.794. The fraction of sp³-hybridized carbons (Fsp3) is 0.417. The summed E-state index contributed by atoms with van der Waals surface area (Å²) >= 11 is 0. The van der Waals surface area contributed by atoms with Crippen LogP contribution in [0.4, 0.5) is 0 Å². The van der Waals surface area contributed by atoms with Gasteiger partial charge in [0.2, 0.25) is 6.29 Å². The Morgan fingerprint density at radius 1 is 1.35 bits per heavy atom. The third-order valence-corrected chi connectivity index (χ3v) is 2.68. The molecule has 1 aliphatic heterocycles. The van der Waals surface area contributed by atoms with Gasteiger partial charge in [0.15, 0.2) is 5.78 Å². The Balaban J connectivity index is 2.36. The van der Waals surface area contributed by atoms with Crippen LogP contribution in [0.25, 0.3) is 0 Å². The molecule has 17 heavy (non-hydrogen) atoms. The number of hydrogen-bond acceptors (Lipinski definition) is 5. The molecule has 0 aromatic heterocycles. The molecule has 1 atom stereocenters. The van der Waals surface area contributed by atoms with Gasteiger partial charge >= 0.3 is 0 Å². The molecule has 0 aliphatic carbocycles. The number of para-hydroxylation sites is 1. The van der Waals surface area contributed by atoms with E-state index < -0.39 is 12.1 Å². The summed E-state index contributed by atoms with van der Waals surface area (Å²) in [5.41, 5.74) is 0.461. The molecule has 1 heterocycles. The maximum absolute atomic E-state index is 11.9. The van der Waals surface area contributed by atoms with E-state index in [0.29, 0.717) is 11.3 Å². The van der Waals surface area contributed by atoms with E-state index in [1.807, 2.05) is 0 Å². The highest BCUT2D eigenvalue weighted by molar-refractivity contribution is 6.00. The van der Waals surface area contributed by atoms with Crippen molar-refractivity contribution in [3.8, 4) is 5.75 Å². The second-order valence-electron chi connectivity index (χ2n) is 3.85. The zero-order valence-corrected chi connectivity index (χ0v) is 9.67. The molecule has 1 aliphatic rings. The zero-order chi connectivity index (χ0) is 12.5. The van der Waals surface area contributed by atoms with Crippen LogP contribution >= 0.6 is 0 Å². The molecular formula is C12H14O5. The predicted octanol–water partition coefficient (Wildman–Crippen LogP) is 0.959. The third-order valence-electron chi connectivity index (χ3n) is 2.68. The summed E-state index contributed by atoms with van der Waals surface area (Å²) in [6.07, 6.45) is -1.21. The van der Waals surface area contributed by atoms with E-state index in [0.717, 1.165) is 0 Å². The number of ketones is 1. The van der Waals surface area contributed by atoms with Crippen molar-refractivity contribution >= 4 is 5.78 Å². The lowest BCUT2D eigenvalue weighted by Crippen LogP contribution is -2.53. The fourth-order valence-electron chi connectivity index (χ4n) is 1.93. The molecule has 0 saturated carbocycles. The number of Topliss-reactive ketones (excluding diaryl/α,β-unsaturated/α-hetero) is 1. The lowest BCUT2D eigenvalue weighted by molar-refractivity contribution is -0.291. The Morgan fingerprint density at radius 3 is 2.65 bits per heavy atom. The van der Waals surface area contributed by atoms with Crippen LogP contribution in [0.2, 0.25) is 0 Å². The van der Waals surface area contributed by atoms with Crippen molar-refractivity contribution in [3.05, 3.63) is 29.8 Å². The summed E-state index contributed by atoms with van der Waals surface area (Å²) in [5.74, 6) is -1.65. The molecule has 1 N–H and O–H groups in total. The molecule has 0 bridgehead atoms. The number of carbonyl (C=O) groups is 1. The van der Waals surface area contributed by atoms with E-state index in [2.05, 4.69) is 0 Å². The number of rotatable bonds is 3. The van der Waals surface area contributed by atoms with Gasteiger partial charge in [0.25, 0.3) is 5.79 Å². The van der Waals surface area contributed by atoms with Gasteiger partial charge in [-0.3, -0.25) is 4.79 Å². The number of fused-ring (bicyclic) bond motifs is 1. The summed E-state index contributed by atoms with van der Waals surface area (Å²) in [6, 6.07) is 6.76. The first-order chi connectivity index (χ1) is 8.10. The van der Waals surface area contributed by atoms with Gasteiger partial charge in [-0.15, -0.1) is 0 Å². The molecule has 0 fully saturated rings. The number of methoxy groups -OCH3 is 2. The molecule has 1 unspecified atom stereocenters. The molecule has 1 aromatic carbocycles. The van der Waals surface area contributed by atoms with Gasteiger partial charge < -0.3 is 19.3 Å². The van der Waals surface area contributed by atoms with Crippen molar-refractivity contribution in [3.63, 3.8) is 0 Å². The molecule has 0 spiro atoms. The Hall–Kier alpha value is -1.43. The maximum Gasteiger partial charge on any atom is 0.266 e. The number of carbonyl (C=O) groups excluding carboxylic acids is 1. The van der Waals surface area contributed by atoms with Crippen LogP contribution in [0.1, 0.15) is 16.8 Å².